The number of amides is 2. The SMILES string of the molecule is COc1cccc(C2CN(C(=O)c3ccc4c(c3)OCO4)CC2C(=O)NCCC(C)C)c1. The summed E-state index contributed by atoms with van der Waals surface area (Å²) < 4.78 is 16.1. The van der Waals surface area contributed by atoms with E-state index in [4.69, 9.17) is 14.2 Å². The molecule has 170 valence electrons. The lowest BCUT2D eigenvalue weighted by Crippen LogP contribution is -2.36. The van der Waals surface area contributed by atoms with Crippen molar-refractivity contribution in [2.24, 2.45) is 11.8 Å². The van der Waals surface area contributed by atoms with E-state index in [2.05, 4.69) is 19.2 Å². The molecule has 2 aliphatic heterocycles. The van der Waals surface area contributed by atoms with Crippen LogP contribution in [0.25, 0.3) is 0 Å². The molecule has 7 heteroatoms. The topological polar surface area (TPSA) is 77.1 Å². The van der Waals surface area contributed by atoms with Crippen LogP contribution < -0.4 is 19.5 Å². The molecule has 2 aromatic rings. The molecule has 32 heavy (non-hydrogen) atoms. The number of benzene rings is 2. The number of carbonyl (C=O) groups excluding carboxylic acids is 2. The molecule has 1 N–H and O–H groups in total. The maximum atomic E-state index is 13.3. The third-order valence-corrected chi connectivity index (χ3v) is 6.11. The van der Waals surface area contributed by atoms with Crippen LogP contribution in [0, 0.1) is 11.8 Å². The molecule has 0 spiro atoms. The van der Waals surface area contributed by atoms with Crippen molar-refractivity contribution in [1.82, 2.24) is 10.2 Å². The van der Waals surface area contributed by atoms with Gasteiger partial charge >= 0.3 is 0 Å². The minimum atomic E-state index is -0.327. The fraction of sp³-hybridized carbons (Fsp3) is 0.440. The van der Waals surface area contributed by atoms with E-state index in [0.717, 1.165) is 17.7 Å². The molecule has 2 aliphatic rings. The maximum Gasteiger partial charge on any atom is 0.254 e. The van der Waals surface area contributed by atoms with Crippen molar-refractivity contribution in [3.63, 3.8) is 0 Å². The molecule has 4 rings (SSSR count). The van der Waals surface area contributed by atoms with Gasteiger partial charge in [0.1, 0.15) is 5.75 Å². The molecule has 1 fully saturated rings. The Kier molecular flexibility index (Phi) is 6.53. The van der Waals surface area contributed by atoms with Gasteiger partial charge in [-0.25, -0.2) is 0 Å². The van der Waals surface area contributed by atoms with E-state index in [0.29, 0.717) is 42.6 Å². The van der Waals surface area contributed by atoms with Crippen LogP contribution in [-0.2, 0) is 4.79 Å². The molecular weight excluding hydrogens is 408 g/mol. The van der Waals surface area contributed by atoms with Crippen LogP contribution in [-0.4, -0.2) is 50.3 Å². The van der Waals surface area contributed by atoms with E-state index in [9.17, 15) is 9.59 Å². The Labute approximate surface area is 188 Å². The van der Waals surface area contributed by atoms with E-state index in [1.807, 2.05) is 24.3 Å². The van der Waals surface area contributed by atoms with E-state index in [1.54, 1.807) is 30.2 Å². The van der Waals surface area contributed by atoms with Crippen LogP contribution in [0.3, 0.4) is 0 Å². The van der Waals surface area contributed by atoms with Crippen molar-refractivity contribution < 1.29 is 23.8 Å². The molecule has 0 aliphatic carbocycles. The minimum Gasteiger partial charge on any atom is -0.497 e. The number of carbonyl (C=O) groups is 2. The van der Waals surface area contributed by atoms with Gasteiger partial charge in [-0.1, -0.05) is 26.0 Å². The Bertz CT molecular complexity index is 990. The second-order valence-electron chi connectivity index (χ2n) is 8.74. The average Bonchev–Trinajstić information content (AvgIpc) is 3.45. The van der Waals surface area contributed by atoms with Crippen molar-refractivity contribution in [1.29, 1.82) is 0 Å². The highest BCUT2D eigenvalue weighted by Gasteiger charge is 2.40. The smallest absolute Gasteiger partial charge is 0.254 e. The zero-order chi connectivity index (χ0) is 22.7. The number of likely N-dealkylation sites (tertiary alicyclic amines) is 1. The van der Waals surface area contributed by atoms with Gasteiger partial charge in [0.2, 0.25) is 12.7 Å². The molecule has 0 radical (unpaired) electrons. The first-order chi connectivity index (χ1) is 15.5. The molecular formula is C25H30N2O5. The number of fused-ring (bicyclic) bond motifs is 1. The number of nitrogens with one attached hydrogen (secondary N) is 1. The number of methoxy groups -OCH3 is 1. The largest absolute Gasteiger partial charge is 0.497 e. The summed E-state index contributed by atoms with van der Waals surface area (Å²) in [6.45, 7) is 5.88. The third kappa shape index (κ3) is 4.66. The molecule has 7 nitrogen and oxygen atoms in total. The Morgan fingerprint density at radius 1 is 1.12 bits per heavy atom. The number of hydrogen-bond donors (Lipinski definition) is 1. The van der Waals surface area contributed by atoms with Gasteiger partial charge in [0.05, 0.1) is 13.0 Å². The predicted molar refractivity (Wildman–Crippen MR) is 120 cm³/mol. The van der Waals surface area contributed by atoms with Gasteiger partial charge in [0.15, 0.2) is 11.5 Å². The van der Waals surface area contributed by atoms with Gasteiger partial charge in [-0.05, 0) is 48.2 Å². The molecule has 1 saturated heterocycles. The highest BCUT2D eigenvalue weighted by atomic mass is 16.7. The molecule has 2 heterocycles. The molecule has 0 aromatic heterocycles. The number of nitrogens with zero attached hydrogens (tertiary/aromatic N) is 1. The minimum absolute atomic E-state index is 0.0144. The van der Waals surface area contributed by atoms with Gasteiger partial charge in [-0.2, -0.15) is 0 Å². The molecule has 2 aromatic carbocycles. The van der Waals surface area contributed by atoms with Crippen LogP contribution in [0.2, 0.25) is 0 Å². The Morgan fingerprint density at radius 3 is 2.72 bits per heavy atom. The lowest BCUT2D eigenvalue weighted by atomic mass is 9.88. The third-order valence-electron chi connectivity index (χ3n) is 6.11. The fourth-order valence-corrected chi connectivity index (χ4v) is 4.27. The highest BCUT2D eigenvalue weighted by molar-refractivity contribution is 5.96. The van der Waals surface area contributed by atoms with Gasteiger partial charge in [-0.15, -0.1) is 0 Å². The van der Waals surface area contributed by atoms with Crippen molar-refractivity contribution in [3.8, 4) is 17.2 Å². The Morgan fingerprint density at radius 2 is 1.94 bits per heavy atom. The van der Waals surface area contributed by atoms with E-state index >= 15 is 0 Å². The van der Waals surface area contributed by atoms with E-state index < -0.39 is 0 Å². The summed E-state index contributed by atoms with van der Waals surface area (Å²) in [5, 5.41) is 3.07. The van der Waals surface area contributed by atoms with Crippen LogP contribution in [0.15, 0.2) is 42.5 Å². The predicted octanol–water partition coefficient (Wildman–Crippen LogP) is 3.44. The first-order valence-corrected chi connectivity index (χ1v) is 11.1. The molecule has 2 unspecified atom stereocenters. The van der Waals surface area contributed by atoms with Crippen LogP contribution >= 0.6 is 0 Å². The van der Waals surface area contributed by atoms with Crippen molar-refractivity contribution in [3.05, 3.63) is 53.6 Å². The average molecular weight is 439 g/mol. The number of ether oxygens (including phenoxy) is 3. The zero-order valence-corrected chi connectivity index (χ0v) is 18.8. The Balaban J connectivity index is 1.55. The summed E-state index contributed by atoms with van der Waals surface area (Å²) in [4.78, 5) is 28.2. The van der Waals surface area contributed by atoms with Gasteiger partial charge < -0.3 is 24.4 Å². The van der Waals surface area contributed by atoms with Gasteiger partial charge in [-0.3, -0.25) is 9.59 Å². The second kappa shape index (κ2) is 9.51. The standard InChI is InChI=1S/C25H30N2O5/c1-16(2)9-10-26-24(28)21-14-27(13-20(21)17-5-4-6-19(11-17)30-3)25(29)18-7-8-22-23(12-18)32-15-31-22/h4-8,11-12,16,20-21H,9-10,13-15H2,1-3H3,(H,26,28). The molecule has 2 amide bonds. The second-order valence-corrected chi connectivity index (χ2v) is 8.74. The summed E-state index contributed by atoms with van der Waals surface area (Å²) >= 11 is 0. The lowest BCUT2D eigenvalue weighted by Gasteiger charge is -2.19. The quantitative estimate of drug-likeness (QED) is 0.717. The fourth-order valence-electron chi connectivity index (χ4n) is 4.27. The van der Waals surface area contributed by atoms with Crippen molar-refractivity contribution >= 4 is 11.8 Å². The lowest BCUT2D eigenvalue weighted by molar-refractivity contribution is -0.124. The van der Waals surface area contributed by atoms with E-state index in [-0.39, 0.29) is 30.4 Å². The highest BCUT2D eigenvalue weighted by Crippen LogP contribution is 2.37. The molecule has 2 atom stereocenters. The Hall–Kier alpha value is -3.22. The van der Waals surface area contributed by atoms with E-state index in [1.165, 1.54) is 0 Å². The summed E-state index contributed by atoms with van der Waals surface area (Å²) in [7, 11) is 1.62. The number of hydrogen-bond acceptors (Lipinski definition) is 5. The first kappa shape index (κ1) is 22.0. The zero-order valence-electron chi connectivity index (χ0n) is 18.8. The van der Waals surface area contributed by atoms with Crippen LogP contribution in [0.4, 0.5) is 0 Å². The van der Waals surface area contributed by atoms with Gasteiger partial charge in [0, 0.05) is 31.1 Å². The first-order valence-electron chi connectivity index (χ1n) is 11.1. The normalized spacial score (nSPS) is 19.3. The van der Waals surface area contributed by atoms with Crippen LogP contribution in [0.1, 0.15) is 42.1 Å². The summed E-state index contributed by atoms with van der Waals surface area (Å²) in [6, 6.07) is 13.0. The van der Waals surface area contributed by atoms with Crippen molar-refractivity contribution in [2.45, 2.75) is 26.2 Å². The maximum absolute atomic E-state index is 13.3. The molecule has 0 bridgehead atoms. The van der Waals surface area contributed by atoms with Crippen molar-refractivity contribution in [2.75, 3.05) is 33.5 Å². The van der Waals surface area contributed by atoms with Crippen LogP contribution in [0.5, 0.6) is 17.2 Å². The van der Waals surface area contributed by atoms with Gasteiger partial charge in [0.25, 0.3) is 5.91 Å². The summed E-state index contributed by atoms with van der Waals surface area (Å²) in [6.07, 6.45) is 0.919. The monoisotopic (exact) mass is 438 g/mol. The summed E-state index contributed by atoms with van der Waals surface area (Å²) in [5.74, 6) is 1.89. The number of rotatable bonds is 7. The summed E-state index contributed by atoms with van der Waals surface area (Å²) in [5.41, 5.74) is 1.52. The molecule has 0 saturated carbocycles.